The van der Waals surface area contributed by atoms with Crippen molar-refractivity contribution in [2.75, 3.05) is 7.11 Å². The first kappa shape index (κ1) is 18.7. The summed E-state index contributed by atoms with van der Waals surface area (Å²) in [5, 5.41) is 15.6. The van der Waals surface area contributed by atoms with Gasteiger partial charge in [0.05, 0.1) is 30.1 Å². The highest BCUT2D eigenvalue weighted by atomic mass is 35.5. The summed E-state index contributed by atoms with van der Waals surface area (Å²) in [6.07, 6.45) is 0. The van der Waals surface area contributed by atoms with Crippen LogP contribution in [0.2, 0.25) is 15.1 Å². The Morgan fingerprint density at radius 3 is 2.35 bits per heavy atom. The number of carbonyl (C=O) groups excluding carboxylic acids is 1. The lowest BCUT2D eigenvalue weighted by Crippen LogP contribution is -2.06. The van der Waals surface area contributed by atoms with Gasteiger partial charge in [0.25, 0.3) is 0 Å². The number of ether oxygens (including phenoxy) is 1. The van der Waals surface area contributed by atoms with Crippen molar-refractivity contribution in [3.05, 3.63) is 68.8 Å². The summed E-state index contributed by atoms with van der Waals surface area (Å²) in [5.41, 5.74) is 2.04. The van der Waals surface area contributed by atoms with Crippen LogP contribution in [0, 0.1) is 0 Å². The molecule has 0 aliphatic heterocycles. The fourth-order valence-electron chi connectivity index (χ4n) is 2.59. The van der Waals surface area contributed by atoms with Gasteiger partial charge in [0, 0.05) is 21.2 Å². The molecule has 1 aromatic heterocycles. The Morgan fingerprint density at radius 1 is 1.12 bits per heavy atom. The first-order valence-electron chi connectivity index (χ1n) is 7.48. The second-order valence-electron chi connectivity index (χ2n) is 5.34. The molecule has 0 unspecified atom stereocenters. The first-order chi connectivity index (χ1) is 12.5. The van der Waals surface area contributed by atoms with Crippen LogP contribution < -0.4 is 0 Å². The highest BCUT2D eigenvalue weighted by molar-refractivity contribution is 6.35. The van der Waals surface area contributed by atoms with Crippen molar-refractivity contribution in [1.82, 2.24) is 9.78 Å². The van der Waals surface area contributed by atoms with Gasteiger partial charge in [0.1, 0.15) is 0 Å². The van der Waals surface area contributed by atoms with Gasteiger partial charge >= 0.3 is 5.97 Å². The van der Waals surface area contributed by atoms with Crippen LogP contribution in [-0.4, -0.2) is 28.0 Å². The Hall–Kier alpha value is -2.05. The van der Waals surface area contributed by atoms with Crippen molar-refractivity contribution in [2.45, 2.75) is 6.61 Å². The minimum atomic E-state index is -0.659. The van der Waals surface area contributed by atoms with E-state index in [1.165, 1.54) is 11.8 Å². The van der Waals surface area contributed by atoms with E-state index < -0.39 is 12.6 Å². The van der Waals surface area contributed by atoms with E-state index in [1.807, 2.05) is 0 Å². The summed E-state index contributed by atoms with van der Waals surface area (Å²) in [7, 11) is 1.25. The molecular weight excluding hydrogens is 399 g/mol. The van der Waals surface area contributed by atoms with Crippen LogP contribution in [-0.2, 0) is 11.3 Å². The predicted octanol–water partition coefficient (Wildman–Crippen LogP) is 4.78. The minimum Gasteiger partial charge on any atom is -0.464 e. The lowest BCUT2D eigenvalue weighted by atomic mass is 10.1. The standard InChI is InChI=1S/C18H13Cl3N2O3/c1-26-18(25)16-13(9-24)17(10-2-4-11(19)5-3-10)23(22-16)15-7-6-12(20)8-14(15)21/h2-8,24H,9H2,1H3. The zero-order valence-corrected chi connectivity index (χ0v) is 15.8. The van der Waals surface area contributed by atoms with Crippen LogP contribution in [0.5, 0.6) is 0 Å². The summed E-state index contributed by atoms with van der Waals surface area (Å²) in [4.78, 5) is 12.1. The third-order valence-electron chi connectivity index (χ3n) is 3.78. The molecule has 0 amide bonds. The molecule has 0 aliphatic carbocycles. The molecule has 0 atom stereocenters. The van der Waals surface area contributed by atoms with E-state index in [0.29, 0.717) is 37.6 Å². The number of aliphatic hydroxyl groups excluding tert-OH is 1. The maximum Gasteiger partial charge on any atom is 0.358 e. The molecule has 5 nitrogen and oxygen atoms in total. The fraction of sp³-hybridized carbons (Fsp3) is 0.111. The second-order valence-corrected chi connectivity index (χ2v) is 6.62. The van der Waals surface area contributed by atoms with Crippen LogP contribution in [0.1, 0.15) is 16.1 Å². The van der Waals surface area contributed by atoms with Crippen molar-refractivity contribution < 1.29 is 14.6 Å². The average Bonchev–Trinajstić information content (AvgIpc) is 3.01. The molecular formula is C18H13Cl3N2O3. The summed E-state index contributed by atoms with van der Waals surface area (Å²) >= 11 is 18.3. The van der Waals surface area contributed by atoms with Gasteiger partial charge in [-0.15, -0.1) is 0 Å². The van der Waals surface area contributed by atoms with Gasteiger partial charge < -0.3 is 9.84 Å². The molecule has 1 heterocycles. The highest BCUT2D eigenvalue weighted by Crippen LogP contribution is 2.33. The van der Waals surface area contributed by atoms with Gasteiger partial charge in [-0.05, 0) is 30.3 Å². The molecule has 3 aromatic rings. The molecule has 0 aliphatic rings. The molecule has 8 heteroatoms. The van der Waals surface area contributed by atoms with Crippen molar-refractivity contribution in [1.29, 1.82) is 0 Å². The van der Waals surface area contributed by atoms with E-state index in [9.17, 15) is 9.90 Å². The number of methoxy groups -OCH3 is 1. The Bertz CT molecular complexity index is 969. The molecule has 0 saturated heterocycles. The Labute approximate surface area is 164 Å². The Morgan fingerprint density at radius 2 is 1.77 bits per heavy atom. The zero-order valence-electron chi connectivity index (χ0n) is 13.5. The molecule has 0 bridgehead atoms. The first-order valence-corrected chi connectivity index (χ1v) is 8.62. The molecule has 26 heavy (non-hydrogen) atoms. The van der Waals surface area contributed by atoms with Crippen molar-refractivity contribution >= 4 is 40.8 Å². The summed E-state index contributed by atoms with van der Waals surface area (Å²) in [5.74, 6) is -0.659. The highest BCUT2D eigenvalue weighted by Gasteiger charge is 2.25. The molecule has 0 saturated carbocycles. The quantitative estimate of drug-likeness (QED) is 0.628. The number of nitrogens with zero attached hydrogens (tertiary/aromatic N) is 2. The lowest BCUT2D eigenvalue weighted by Gasteiger charge is -2.11. The van der Waals surface area contributed by atoms with E-state index in [0.717, 1.165) is 0 Å². The van der Waals surface area contributed by atoms with E-state index in [1.54, 1.807) is 42.5 Å². The monoisotopic (exact) mass is 410 g/mol. The molecule has 134 valence electrons. The van der Waals surface area contributed by atoms with Crippen molar-refractivity contribution in [3.8, 4) is 16.9 Å². The number of rotatable bonds is 4. The maximum atomic E-state index is 12.1. The largest absolute Gasteiger partial charge is 0.464 e. The van der Waals surface area contributed by atoms with Gasteiger partial charge in [-0.3, -0.25) is 0 Å². The number of hydrogen-bond donors (Lipinski definition) is 1. The maximum absolute atomic E-state index is 12.1. The number of benzene rings is 2. The number of esters is 1. The summed E-state index contributed by atoms with van der Waals surface area (Å²) in [6, 6.07) is 11.8. The normalized spacial score (nSPS) is 10.8. The van der Waals surface area contributed by atoms with E-state index >= 15 is 0 Å². The van der Waals surface area contributed by atoms with Crippen LogP contribution in [0.15, 0.2) is 42.5 Å². The van der Waals surface area contributed by atoms with Gasteiger partial charge in [-0.25, -0.2) is 9.48 Å². The summed E-state index contributed by atoms with van der Waals surface area (Å²) < 4.78 is 6.27. The van der Waals surface area contributed by atoms with Gasteiger partial charge in [0.2, 0.25) is 0 Å². The molecule has 0 radical (unpaired) electrons. The Balaban J connectivity index is 2.33. The summed E-state index contributed by atoms with van der Waals surface area (Å²) in [6.45, 7) is -0.409. The molecule has 1 N–H and O–H groups in total. The van der Waals surface area contributed by atoms with Gasteiger partial charge in [-0.2, -0.15) is 5.10 Å². The third kappa shape index (κ3) is 3.44. The number of aliphatic hydroxyl groups is 1. The topological polar surface area (TPSA) is 64.3 Å². The van der Waals surface area contributed by atoms with Crippen LogP contribution in [0.4, 0.5) is 0 Å². The molecule has 0 spiro atoms. The van der Waals surface area contributed by atoms with E-state index in [-0.39, 0.29) is 5.69 Å². The van der Waals surface area contributed by atoms with Crippen molar-refractivity contribution in [2.24, 2.45) is 0 Å². The smallest absolute Gasteiger partial charge is 0.358 e. The number of aromatic nitrogens is 2. The second kappa shape index (κ2) is 7.68. The predicted molar refractivity (Wildman–Crippen MR) is 101 cm³/mol. The van der Waals surface area contributed by atoms with E-state index in [2.05, 4.69) is 5.10 Å². The number of carbonyl (C=O) groups is 1. The Kier molecular flexibility index (Phi) is 5.53. The van der Waals surface area contributed by atoms with Crippen LogP contribution in [0.25, 0.3) is 16.9 Å². The number of halogens is 3. The fourth-order valence-corrected chi connectivity index (χ4v) is 3.21. The minimum absolute atomic E-state index is 0.00552. The molecule has 0 fully saturated rings. The van der Waals surface area contributed by atoms with Gasteiger partial charge in [-0.1, -0.05) is 46.9 Å². The van der Waals surface area contributed by atoms with Crippen molar-refractivity contribution in [3.63, 3.8) is 0 Å². The lowest BCUT2D eigenvalue weighted by molar-refractivity contribution is 0.0590. The number of hydrogen-bond acceptors (Lipinski definition) is 4. The average molecular weight is 412 g/mol. The van der Waals surface area contributed by atoms with Crippen LogP contribution >= 0.6 is 34.8 Å². The third-order valence-corrected chi connectivity index (χ3v) is 4.57. The SMILES string of the molecule is COC(=O)c1nn(-c2ccc(Cl)cc2Cl)c(-c2ccc(Cl)cc2)c1CO. The van der Waals surface area contributed by atoms with Crippen LogP contribution in [0.3, 0.4) is 0 Å². The van der Waals surface area contributed by atoms with Gasteiger partial charge in [0.15, 0.2) is 5.69 Å². The van der Waals surface area contributed by atoms with E-state index in [4.69, 9.17) is 39.5 Å². The molecule has 2 aromatic carbocycles. The zero-order chi connectivity index (χ0) is 18.8. The molecule has 3 rings (SSSR count).